The molecule has 1 unspecified atom stereocenters. The Morgan fingerprint density at radius 3 is 2.40 bits per heavy atom. The maximum atomic E-state index is 13.4. The van der Waals surface area contributed by atoms with Gasteiger partial charge in [-0.1, -0.05) is 23.5 Å². The molecule has 2 aromatic carbocycles. The van der Waals surface area contributed by atoms with E-state index in [1.54, 1.807) is 31.2 Å². The average molecular weight is 497 g/mol. The molecule has 1 saturated heterocycles. The normalized spacial score (nSPS) is 17.0. The lowest BCUT2D eigenvalue weighted by molar-refractivity contribution is -0.132. The number of nitrogens with zero attached hydrogens (tertiary/aromatic N) is 2. The summed E-state index contributed by atoms with van der Waals surface area (Å²) in [5.41, 5.74) is 0.829. The topological polar surface area (TPSA) is 106 Å². The molecule has 180 valence electrons. The van der Waals surface area contributed by atoms with E-state index in [-0.39, 0.29) is 21.1 Å². The molecule has 0 aliphatic carbocycles. The van der Waals surface area contributed by atoms with Crippen LogP contribution in [-0.4, -0.2) is 41.5 Å². The van der Waals surface area contributed by atoms with E-state index >= 15 is 0 Å². The molecule has 2 heterocycles. The highest BCUT2D eigenvalue weighted by Gasteiger charge is 2.48. The highest BCUT2D eigenvalue weighted by atomic mass is 32.1. The third-order valence-electron chi connectivity index (χ3n) is 5.43. The molecule has 1 aliphatic rings. The number of benzene rings is 2. The first-order valence-corrected chi connectivity index (χ1v) is 11.4. The second-order valence-corrected chi connectivity index (χ2v) is 8.56. The number of ketones is 1. The third kappa shape index (κ3) is 4.40. The fourth-order valence-electron chi connectivity index (χ4n) is 3.79. The first-order valence-electron chi connectivity index (χ1n) is 10.6. The van der Waals surface area contributed by atoms with Gasteiger partial charge in [0.1, 0.15) is 22.2 Å². The van der Waals surface area contributed by atoms with Crippen molar-refractivity contribution in [3.05, 3.63) is 81.6 Å². The zero-order valence-electron chi connectivity index (χ0n) is 19.1. The highest BCUT2D eigenvalue weighted by Crippen LogP contribution is 2.44. The number of rotatable bonds is 6. The average Bonchev–Trinajstić information content (AvgIpc) is 3.36. The predicted octanol–water partition coefficient (Wildman–Crippen LogP) is 4.40. The minimum absolute atomic E-state index is 0.0991. The SMILES string of the molecule is CCOc1ccc(C2C(=C(O)c3ccc(F)cc3)C(=O)C(=O)N2c2nc(C)c(C(=O)OC)s2)cc1. The minimum atomic E-state index is -1.05. The molecule has 1 aromatic heterocycles. The largest absolute Gasteiger partial charge is 0.507 e. The summed E-state index contributed by atoms with van der Waals surface area (Å²) in [7, 11) is 1.23. The number of halogens is 1. The number of carbonyl (C=O) groups is 3. The van der Waals surface area contributed by atoms with Crippen molar-refractivity contribution in [3.63, 3.8) is 0 Å². The summed E-state index contributed by atoms with van der Waals surface area (Å²) in [6.07, 6.45) is 0. The Balaban J connectivity index is 1.90. The number of thiazole rings is 1. The highest BCUT2D eigenvalue weighted by molar-refractivity contribution is 7.17. The van der Waals surface area contributed by atoms with Crippen LogP contribution in [0.3, 0.4) is 0 Å². The van der Waals surface area contributed by atoms with Crippen molar-refractivity contribution < 1.29 is 33.4 Å². The number of Topliss-reactive ketones (excluding diaryl/α,β-unsaturated/α-hetero) is 1. The van der Waals surface area contributed by atoms with E-state index in [9.17, 15) is 23.9 Å². The number of methoxy groups -OCH3 is 1. The first-order chi connectivity index (χ1) is 16.8. The molecule has 0 spiro atoms. The van der Waals surface area contributed by atoms with Crippen LogP contribution in [0, 0.1) is 12.7 Å². The summed E-state index contributed by atoms with van der Waals surface area (Å²) in [5.74, 6) is -2.85. The summed E-state index contributed by atoms with van der Waals surface area (Å²) < 4.78 is 23.7. The van der Waals surface area contributed by atoms with E-state index in [0.717, 1.165) is 28.4 Å². The Hall–Kier alpha value is -4.05. The van der Waals surface area contributed by atoms with Gasteiger partial charge in [0.25, 0.3) is 5.78 Å². The van der Waals surface area contributed by atoms with Crippen molar-refractivity contribution in [2.24, 2.45) is 0 Å². The van der Waals surface area contributed by atoms with Gasteiger partial charge in [0.15, 0.2) is 5.13 Å². The second kappa shape index (κ2) is 9.67. The number of aromatic nitrogens is 1. The fourth-order valence-corrected chi connectivity index (χ4v) is 4.80. The van der Waals surface area contributed by atoms with Crippen LogP contribution in [0.5, 0.6) is 5.75 Å². The van der Waals surface area contributed by atoms with Gasteiger partial charge in [-0.15, -0.1) is 0 Å². The molecule has 0 radical (unpaired) electrons. The maximum absolute atomic E-state index is 13.4. The molecule has 1 atom stereocenters. The van der Waals surface area contributed by atoms with Gasteiger partial charge in [0.2, 0.25) is 0 Å². The third-order valence-corrected chi connectivity index (χ3v) is 6.57. The molecule has 1 fully saturated rings. The van der Waals surface area contributed by atoms with Crippen LogP contribution >= 0.6 is 11.3 Å². The van der Waals surface area contributed by atoms with Gasteiger partial charge in [0, 0.05) is 5.56 Å². The number of ether oxygens (including phenoxy) is 2. The zero-order valence-corrected chi connectivity index (χ0v) is 19.9. The van der Waals surface area contributed by atoms with Crippen molar-refractivity contribution in [3.8, 4) is 5.75 Å². The Morgan fingerprint density at radius 1 is 1.14 bits per heavy atom. The molecular formula is C25H21FN2O6S. The Kier molecular flexibility index (Phi) is 6.65. The van der Waals surface area contributed by atoms with Crippen molar-refractivity contribution in [1.82, 2.24) is 4.98 Å². The molecular weight excluding hydrogens is 475 g/mol. The van der Waals surface area contributed by atoms with Gasteiger partial charge in [-0.3, -0.25) is 14.5 Å². The van der Waals surface area contributed by atoms with Crippen molar-refractivity contribution >= 4 is 39.9 Å². The quantitative estimate of drug-likeness (QED) is 0.233. The van der Waals surface area contributed by atoms with E-state index in [2.05, 4.69) is 4.98 Å². The number of aryl methyl sites for hydroxylation is 1. The molecule has 3 aromatic rings. The van der Waals surface area contributed by atoms with E-state index in [4.69, 9.17) is 9.47 Å². The van der Waals surface area contributed by atoms with Crippen molar-refractivity contribution in [2.75, 3.05) is 18.6 Å². The van der Waals surface area contributed by atoms with Crippen molar-refractivity contribution in [2.45, 2.75) is 19.9 Å². The molecule has 0 saturated carbocycles. The summed E-state index contributed by atoms with van der Waals surface area (Å²) in [6, 6.07) is 10.6. The van der Waals surface area contributed by atoms with E-state index < -0.39 is 35.3 Å². The van der Waals surface area contributed by atoms with Gasteiger partial charge < -0.3 is 14.6 Å². The standard InChI is InChI=1S/C25H21FN2O6S/c1-4-34-17-11-7-14(8-12-17)19-18(20(29)15-5-9-16(26)10-6-15)21(30)23(31)28(19)25-27-13(2)22(35-25)24(32)33-3/h5-12,19,29H,4H2,1-3H3. The summed E-state index contributed by atoms with van der Waals surface area (Å²) >= 11 is 0.905. The number of hydrogen-bond acceptors (Lipinski definition) is 8. The molecule has 10 heteroatoms. The molecule has 1 N–H and O–H groups in total. The number of carbonyl (C=O) groups excluding carboxylic acids is 3. The second-order valence-electron chi connectivity index (χ2n) is 7.58. The fraction of sp³-hybridized carbons (Fsp3) is 0.200. The number of aliphatic hydroxyl groups is 1. The van der Waals surface area contributed by atoms with Crippen LogP contribution in [0.25, 0.3) is 5.76 Å². The Labute approximate surface area is 204 Å². The lowest BCUT2D eigenvalue weighted by Gasteiger charge is -2.23. The maximum Gasteiger partial charge on any atom is 0.350 e. The predicted molar refractivity (Wildman–Crippen MR) is 127 cm³/mol. The van der Waals surface area contributed by atoms with Crippen molar-refractivity contribution in [1.29, 1.82) is 0 Å². The number of amides is 1. The summed E-state index contributed by atoms with van der Waals surface area (Å²) in [6.45, 7) is 3.89. The van der Waals surface area contributed by atoms with Gasteiger partial charge in [-0.2, -0.15) is 0 Å². The Bertz CT molecular complexity index is 1330. The number of aliphatic hydroxyl groups excluding tert-OH is 1. The van der Waals surface area contributed by atoms with Gasteiger partial charge in [0.05, 0.1) is 31.0 Å². The lowest BCUT2D eigenvalue weighted by Crippen LogP contribution is -2.29. The van der Waals surface area contributed by atoms with Crippen LogP contribution in [0.15, 0.2) is 54.1 Å². The zero-order chi connectivity index (χ0) is 25.3. The first kappa shape index (κ1) is 24.1. The summed E-state index contributed by atoms with van der Waals surface area (Å²) in [5, 5.41) is 11.2. The van der Waals surface area contributed by atoms with Crippen LogP contribution < -0.4 is 9.64 Å². The number of esters is 1. The smallest absolute Gasteiger partial charge is 0.350 e. The van der Waals surface area contributed by atoms with E-state index in [0.29, 0.717) is 23.6 Å². The lowest BCUT2D eigenvalue weighted by atomic mass is 9.95. The van der Waals surface area contributed by atoms with E-state index in [1.165, 1.54) is 19.2 Å². The molecule has 8 nitrogen and oxygen atoms in total. The molecule has 4 rings (SSSR count). The number of hydrogen-bond donors (Lipinski definition) is 1. The minimum Gasteiger partial charge on any atom is -0.507 e. The van der Waals surface area contributed by atoms with E-state index in [1.807, 2.05) is 6.92 Å². The monoisotopic (exact) mass is 496 g/mol. The van der Waals surface area contributed by atoms with Crippen LogP contribution in [0.4, 0.5) is 9.52 Å². The molecule has 1 aliphatic heterocycles. The van der Waals surface area contributed by atoms with Gasteiger partial charge >= 0.3 is 11.9 Å². The molecule has 1 amide bonds. The van der Waals surface area contributed by atoms with Crippen LogP contribution in [0.2, 0.25) is 0 Å². The van der Waals surface area contributed by atoms with Crippen LogP contribution in [-0.2, 0) is 14.3 Å². The van der Waals surface area contributed by atoms with Gasteiger partial charge in [-0.05, 0) is 55.8 Å². The molecule has 35 heavy (non-hydrogen) atoms. The van der Waals surface area contributed by atoms with Gasteiger partial charge in [-0.25, -0.2) is 14.2 Å². The summed E-state index contributed by atoms with van der Waals surface area (Å²) in [4.78, 5) is 44.2. The Morgan fingerprint density at radius 2 is 1.80 bits per heavy atom. The molecule has 0 bridgehead atoms. The number of anilines is 1. The van der Waals surface area contributed by atoms with Crippen LogP contribution in [0.1, 0.15) is 39.5 Å².